The van der Waals surface area contributed by atoms with Crippen molar-refractivity contribution in [2.75, 3.05) is 32.7 Å². The highest BCUT2D eigenvalue weighted by Crippen LogP contribution is 2.12. The fourth-order valence-electron chi connectivity index (χ4n) is 3.35. The van der Waals surface area contributed by atoms with Crippen molar-refractivity contribution in [3.8, 4) is 0 Å². The summed E-state index contributed by atoms with van der Waals surface area (Å²) < 4.78 is 0. The van der Waals surface area contributed by atoms with Crippen molar-refractivity contribution in [1.82, 2.24) is 19.7 Å². The Morgan fingerprint density at radius 2 is 1.52 bits per heavy atom. The number of amides is 3. The SMILES string of the molecule is CCN(Cc1ccccc1)C(=O)c1cccc(C(=O)N2CCN(C(C)=O)CC2)n1. The highest BCUT2D eigenvalue weighted by molar-refractivity contribution is 5.96. The summed E-state index contributed by atoms with van der Waals surface area (Å²) in [4.78, 5) is 46.7. The maximum atomic E-state index is 12.9. The van der Waals surface area contributed by atoms with Gasteiger partial charge in [-0.15, -0.1) is 0 Å². The number of hydrogen-bond acceptors (Lipinski definition) is 4. The molecule has 0 radical (unpaired) electrons. The average molecular weight is 394 g/mol. The standard InChI is InChI=1S/C22H26N4O3/c1-3-24(16-18-8-5-4-6-9-18)21(28)19-10-7-11-20(23-19)22(29)26-14-12-25(13-15-26)17(2)27/h4-11H,3,12-16H2,1-2H3. The lowest BCUT2D eigenvalue weighted by Gasteiger charge is -2.34. The second-order valence-electron chi connectivity index (χ2n) is 7.01. The smallest absolute Gasteiger partial charge is 0.272 e. The van der Waals surface area contributed by atoms with Crippen LogP contribution in [0.3, 0.4) is 0 Å². The molecule has 1 aliphatic heterocycles. The highest BCUT2D eigenvalue weighted by atomic mass is 16.2. The predicted molar refractivity (Wildman–Crippen MR) is 109 cm³/mol. The Morgan fingerprint density at radius 1 is 0.897 bits per heavy atom. The van der Waals surface area contributed by atoms with Gasteiger partial charge in [-0.25, -0.2) is 4.98 Å². The van der Waals surface area contributed by atoms with Gasteiger partial charge in [0.1, 0.15) is 11.4 Å². The number of hydrogen-bond donors (Lipinski definition) is 0. The zero-order chi connectivity index (χ0) is 20.8. The lowest BCUT2D eigenvalue weighted by atomic mass is 10.2. The van der Waals surface area contributed by atoms with Crippen LogP contribution in [0.1, 0.15) is 40.4 Å². The molecule has 7 nitrogen and oxygen atoms in total. The third-order valence-corrected chi connectivity index (χ3v) is 5.08. The molecule has 1 aromatic carbocycles. The minimum atomic E-state index is -0.214. The molecule has 2 heterocycles. The van der Waals surface area contributed by atoms with Crippen LogP contribution in [0.15, 0.2) is 48.5 Å². The molecule has 0 atom stereocenters. The second kappa shape index (κ2) is 9.32. The summed E-state index contributed by atoms with van der Waals surface area (Å²) >= 11 is 0. The van der Waals surface area contributed by atoms with Gasteiger partial charge in [0.2, 0.25) is 5.91 Å². The molecular weight excluding hydrogens is 368 g/mol. The summed E-state index contributed by atoms with van der Waals surface area (Å²) in [5.74, 6) is -0.401. The molecule has 3 amide bonds. The van der Waals surface area contributed by atoms with Gasteiger partial charge >= 0.3 is 0 Å². The number of rotatable bonds is 5. The molecule has 1 fully saturated rings. The van der Waals surface area contributed by atoms with E-state index in [1.165, 1.54) is 6.92 Å². The van der Waals surface area contributed by atoms with Gasteiger partial charge in [0.25, 0.3) is 11.8 Å². The van der Waals surface area contributed by atoms with Gasteiger partial charge < -0.3 is 14.7 Å². The van der Waals surface area contributed by atoms with Crippen LogP contribution in [0.25, 0.3) is 0 Å². The lowest BCUT2D eigenvalue weighted by molar-refractivity contribution is -0.130. The molecule has 2 aromatic rings. The number of benzene rings is 1. The molecule has 1 aromatic heterocycles. The van der Waals surface area contributed by atoms with E-state index < -0.39 is 0 Å². The second-order valence-corrected chi connectivity index (χ2v) is 7.01. The Morgan fingerprint density at radius 3 is 2.14 bits per heavy atom. The van der Waals surface area contributed by atoms with Gasteiger partial charge in [-0.05, 0) is 24.6 Å². The third kappa shape index (κ3) is 4.99. The van der Waals surface area contributed by atoms with Crippen molar-refractivity contribution < 1.29 is 14.4 Å². The predicted octanol–water partition coefficient (Wildman–Crippen LogP) is 2.05. The largest absolute Gasteiger partial charge is 0.339 e. The maximum absolute atomic E-state index is 12.9. The fourth-order valence-corrected chi connectivity index (χ4v) is 3.35. The van der Waals surface area contributed by atoms with Crippen molar-refractivity contribution >= 4 is 17.7 Å². The first kappa shape index (κ1) is 20.5. The molecule has 1 saturated heterocycles. The van der Waals surface area contributed by atoms with Gasteiger partial charge in [-0.3, -0.25) is 14.4 Å². The topological polar surface area (TPSA) is 73.8 Å². The van der Waals surface area contributed by atoms with Crippen molar-refractivity contribution in [3.05, 3.63) is 65.5 Å². The van der Waals surface area contributed by atoms with E-state index in [4.69, 9.17) is 0 Å². The number of aromatic nitrogens is 1. The molecule has 0 N–H and O–H groups in total. The monoisotopic (exact) mass is 394 g/mol. The first-order valence-electron chi connectivity index (χ1n) is 9.84. The number of carbonyl (C=O) groups excluding carboxylic acids is 3. The molecule has 152 valence electrons. The van der Waals surface area contributed by atoms with Crippen LogP contribution in [-0.2, 0) is 11.3 Å². The first-order chi connectivity index (χ1) is 14.0. The van der Waals surface area contributed by atoms with Crippen molar-refractivity contribution in [2.45, 2.75) is 20.4 Å². The normalized spacial score (nSPS) is 13.9. The summed E-state index contributed by atoms with van der Waals surface area (Å²) in [6.45, 7) is 6.44. The molecule has 1 aliphatic rings. The van der Waals surface area contributed by atoms with Crippen LogP contribution in [-0.4, -0.2) is 70.1 Å². The summed E-state index contributed by atoms with van der Waals surface area (Å²) in [6, 6.07) is 14.7. The minimum Gasteiger partial charge on any atom is -0.339 e. The van der Waals surface area contributed by atoms with Crippen LogP contribution in [0.4, 0.5) is 0 Å². The van der Waals surface area contributed by atoms with E-state index >= 15 is 0 Å². The Bertz CT molecular complexity index is 877. The van der Waals surface area contributed by atoms with Crippen LogP contribution in [0, 0.1) is 0 Å². The molecule has 0 spiro atoms. The van der Waals surface area contributed by atoms with E-state index in [2.05, 4.69) is 4.98 Å². The van der Waals surface area contributed by atoms with Gasteiger partial charge in [0.15, 0.2) is 0 Å². The number of carbonyl (C=O) groups is 3. The van der Waals surface area contributed by atoms with E-state index in [-0.39, 0.29) is 29.1 Å². The Labute approximate surface area is 170 Å². The van der Waals surface area contributed by atoms with Crippen LogP contribution in [0.2, 0.25) is 0 Å². The fraction of sp³-hybridized carbons (Fsp3) is 0.364. The average Bonchev–Trinajstić information content (AvgIpc) is 2.77. The molecule has 7 heteroatoms. The van der Waals surface area contributed by atoms with E-state index in [1.807, 2.05) is 37.3 Å². The molecular formula is C22H26N4O3. The van der Waals surface area contributed by atoms with E-state index in [0.717, 1.165) is 5.56 Å². The summed E-state index contributed by atoms with van der Waals surface area (Å²) in [5.41, 5.74) is 1.55. The van der Waals surface area contributed by atoms with E-state index in [1.54, 1.807) is 32.9 Å². The molecule has 0 bridgehead atoms. The molecule has 29 heavy (non-hydrogen) atoms. The summed E-state index contributed by atoms with van der Waals surface area (Å²) in [6.07, 6.45) is 0. The molecule has 3 rings (SSSR count). The van der Waals surface area contributed by atoms with Gasteiger partial charge in [0, 0.05) is 46.2 Å². The quantitative estimate of drug-likeness (QED) is 0.778. The van der Waals surface area contributed by atoms with Crippen LogP contribution >= 0.6 is 0 Å². The van der Waals surface area contributed by atoms with Gasteiger partial charge in [0.05, 0.1) is 0 Å². The Hall–Kier alpha value is -3.22. The van der Waals surface area contributed by atoms with Gasteiger partial charge in [-0.1, -0.05) is 36.4 Å². The lowest BCUT2D eigenvalue weighted by Crippen LogP contribution is -2.50. The van der Waals surface area contributed by atoms with Crippen LogP contribution < -0.4 is 0 Å². The highest BCUT2D eigenvalue weighted by Gasteiger charge is 2.25. The van der Waals surface area contributed by atoms with Crippen LogP contribution in [0.5, 0.6) is 0 Å². The van der Waals surface area contributed by atoms with E-state index in [0.29, 0.717) is 39.3 Å². The number of nitrogens with zero attached hydrogens (tertiary/aromatic N) is 4. The third-order valence-electron chi connectivity index (χ3n) is 5.08. The Balaban J connectivity index is 1.70. The summed E-state index contributed by atoms with van der Waals surface area (Å²) in [7, 11) is 0. The first-order valence-corrected chi connectivity index (χ1v) is 9.84. The zero-order valence-corrected chi connectivity index (χ0v) is 16.9. The zero-order valence-electron chi connectivity index (χ0n) is 16.9. The van der Waals surface area contributed by atoms with Crippen molar-refractivity contribution in [3.63, 3.8) is 0 Å². The number of piperazine rings is 1. The molecule has 0 unspecified atom stereocenters. The summed E-state index contributed by atoms with van der Waals surface area (Å²) in [5, 5.41) is 0. The minimum absolute atomic E-state index is 0.0147. The maximum Gasteiger partial charge on any atom is 0.272 e. The molecule has 0 saturated carbocycles. The Kier molecular flexibility index (Phi) is 6.59. The van der Waals surface area contributed by atoms with E-state index in [9.17, 15) is 14.4 Å². The molecule has 0 aliphatic carbocycles. The number of pyridine rings is 1. The van der Waals surface area contributed by atoms with Gasteiger partial charge in [-0.2, -0.15) is 0 Å². The van der Waals surface area contributed by atoms with Crippen molar-refractivity contribution in [2.24, 2.45) is 0 Å². The van der Waals surface area contributed by atoms with Crippen molar-refractivity contribution in [1.29, 1.82) is 0 Å².